The smallest absolute Gasteiger partial charge is 0.139 e. The first-order chi connectivity index (χ1) is 31.0. The largest absolute Gasteiger partial charge is 0.299 e. The molecule has 1 nitrogen and oxygen atoms in total. The fourth-order valence-corrected chi connectivity index (χ4v) is 9.27. The maximum absolute atomic E-state index is 14.8. The normalized spacial score (nSPS) is 13.7. The number of hydrogen-bond acceptors (Lipinski definition) is 1. The summed E-state index contributed by atoms with van der Waals surface area (Å²) >= 11 is 0. The average molecular weight is 888 g/mol. The zero-order valence-electron chi connectivity index (χ0n) is 45.4. The third kappa shape index (κ3) is 42.7. The van der Waals surface area contributed by atoms with Crippen LogP contribution in [0.25, 0.3) is 0 Å². The van der Waals surface area contributed by atoms with E-state index in [0.717, 1.165) is 77.0 Å². The fourth-order valence-electron chi connectivity index (χ4n) is 9.27. The number of Topliss-reactive ketones (excluding diaryl/α,β-unsaturated/α-hetero) is 1. The zero-order chi connectivity index (χ0) is 47.3. The van der Waals surface area contributed by atoms with Crippen molar-refractivity contribution in [2.24, 2.45) is 11.8 Å². The van der Waals surface area contributed by atoms with Gasteiger partial charge in [-0.05, 0) is 132 Å². The Morgan fingerprint density at radius 3 is 0.812 bits per heavy atom. The Balaban J connectivity index is 5.62. The van der Waals surface area contributed by atoms with Crippen LogP contribution in [0.15, 0.2) is 69.9 Å². The van der Waals surface area contributed by atoms with Crippen LogP contribution in [-0.4, -0.2) is 5.78 Å². The third-order valence-corrected chi connectivity index (χ3v) is 13.9. The van der Waals surface area contributed by atoms with Gasteiger partial charge in [-0.1, -0.05) is 251 Å². The van der Waals surface area contributed by atoms with Crippen LogP contribution in [0.1, 0.15) is 313 Å². The minimum atomic E-state index is 0.163. The van der Waals surface area contributed by atoms with Crippen LogP contribution in [0.3, 0.4) is 0 Å². The van der Waals surface area contributed by atoms with Crippen molar-refractivity contribution in [3.63, 3.8) is 0 Å². The lowest BCUT2D eigenvalue weighted by molar-refractivity contribution is -0.127. The molecule has 0 bridgehead atoms. The lowest BCUT2D eigenvalue weighted by Gasteiger charge is -2.22. The molecule has 2 unspecified atom stereocenters. The van der Waals surface area contributed by atoms with Gasteiger partial charge in [0, 0.05) is 11.8 Å². The summed E-state index contributed by atoms with van der Waals surface area (Å²) < 4.78 is 0. The Hall–Kier alpha value is -1.89. The summed E-state index contributed by atoms with van der Waals surface area (Å²) in [5.74, 6) is 0.906. The summed E-state index contributed by atoms with van der Waals surface area (Å²) in [4.78, 5) is 14.8. The topological polar surface area (TPSA) is 17.1 Å². The molecule has 0 fully saturated rings. The molecule has 0 aromatic rings. The number of rotatable bonds is 46. The second-order valence-corrected chi connectivity index (χ2v) is 21.2. The summed E-state index contributed by atoms with van der Waals surface area (Å²) in [5.41, 5.74) is 8.76. The first kappa shape index (κ1) is 62.1. The third-order valence-electron chi connectivity index (χ3n) is 13.9. The van der Waals surface area contributed by atoms with Crippen LogP contribution >= 0.6 is 0 Å². The van der Waals surface area contributed by atoms with Crippen LogP contribution in [0.4, 0.5) is 0 Å². The zero-order valence-corrected chi connectivity index (χ0v) is 45.4. The molecule has 0 heterocycles. The van der Waals surface area contributed by atoms with Crippen molar-refractivity contribution in [2.45, 2.75) is 313 Å². The van der Waals surface area contributed by atoms with Gasteiger partial charge in [0.25, 0.3) is 0 Å². The molecule has 64 heavy (non-hydrogen) atoms. The number of allylic oxidation sites excluding steroid dienone is 12. The number of carbonyl (C=O) groups excluding carboxylic acids is 1. The van der Waals surface area contributed by atoms with Crippen LogP contribution < -0.4 is 0 Å². The number of carbonyl (C=O) groups is 1. The van der Waals surface area contributed by atoms with Crippen LogP contribution in [0.2, 0.25) is 0 Å². The molecule has 0 amide bonds. The molecule has 0 saturated carbocycles. The molecule has 1 heteroatoms. The first-order valence-corrected chi connectivity index (χ1v) is 28.4. The van der Waals surface area contributed by atoms with E-state index in [0.29, 0.717) is 5.78 Å². The number of hydrogen-bond donors (Lipinski definition) is 0. The highest BCUT2D eigenvalue weighted by Crippen LogP contribution is 2.28. The van der Waals surface area contributed by atoms with E-state index in [2.05, 4.69) is 106 Å². The Bertz CT molecular complexity index is 1160. The van der Waals surface area contributed by atoms with Gasteiger partial charge in [-0.3, -0.25) is 4.79 Å². The summed E-state index contributed by atoms with van der Waals surface area (Å²) in [7, 11) is 0. The molecular weight excluding hydrogens is 773 g/mol. The van der Waals surface area contributed by atoms with E-state index in [-0.39, 0.29) is 11.8 Å². The molecule has 2 atom stereocenters. The van der Waals surface area contributed by atoms with E-state index in [1.54, 1.807) is 0 Å². The van der Waals surface area contributed by atoms with Crippen molar-refractivity contribution >= 4 is 5.78 Å². The molecule has 0 aliphatic heterocycles. The van der Waals surface area contributed by atoms with E-state index in [9.17, 15) is 4.79 Å². The summed E-state index contributed by atoms with van der Waals surface area (Å²) in [6.45, 7) is 22.6. The molecule has 0 aliphatic carbocycles. The molecule has 0 aliphatic rings. The van der Waals surface area contributed by atoms with Gasteiger partial charge in [0.15, 0.2) is 0 Å². The van der Waals surface area contributed by atoms with Crippen LogP contribution in [0, 0.1) is 11.8 Å². The maximum atomic E-state index is 14.8. The van der Waals surface area contributed by atoms with Crippen molar-refractivity contribution in [3.05, 3.63) is 69.9 Å². The Morgan fingerprint density at radius 2 is 0.547 bits per heavy atom. The molecule has 0 N–H and O–H groups in total. The molecule has 0 rings (SSSR count). The van der Waals surface area contributed by atoms with Crippen LogP contribution in [0.5, 0.6) is 0 Å². The van der Waals surface area contributed by atoms with Crippen molar-refractivity contribution in [2.75, 3.05) is 0 Å². The molecule has 0 radical (unpaired) electrons. The average Bonchev–Trinajstić information content (AvgIpc) is 3.25. The SMILES string of the molecule is CCCCCCCCCCCCCCCC(CC=C(C)CCC=C(C)CCC=C(C)C)C(=O)C(CC=C(C)CCC=C(C)CCC=C(C)C)CCCCCCCCCCCCCCC. The Labute approximate surface area is 403 Å². The van der Waals surface area contributed by atoms with Gasteiger partial charge < -0.3 is 0 Å². The Morgan fingerprint density at radius 1 is 0.312 bits per heavy atom. The predicted molar refractivity (Wildman–Crippen MR) is 293 cm³/mol. The standard InChI is InChI=1S/C63H114O/c1-11-13-15-17-19-21-23-25-27-29-31-33-35-49-61(53-51-59(9)47-39-45-57(7)43-37-41-55(3)4)63(64)62(50-36-34-32-30-28-26-24-22-20-18-16-14-12-2)54-52-60(10)48-40-46-58(8)44-38-42-56(5)6/h41-42,45-46,51-52,61-62H,11-40,43-44,47-50,53-54H2,1-10H3. The predicted octanol–water partition coefficient (Wildman–Crippen LogP) is 22.4. The Kier molecular flexibility index (Phi) is 44.9. The lowest BCUT2D eigenvalue weighted by Crippen LogP contribution is -2.24. The van der Waals surface area contributed by atoms with Gasteiger partial charge in [0.1, 0.15) is 5.78 Å². The first-order valence-electron chi connectivity index (χ1n) is 28.4. The monoisotopic (exact) mass is 887 g/mol. The van der Waals surface area contributed by atoms with E-state index >= 15 is 0 Å². The second kappa shape index (κ2) is 46.2. The molecule has 0 saturated heterocycles. The quantitative estimate of drug-likeness (QED) is 0.0440. The van der Waals surface area contributed by atoms with Gasteiger partial charge >= 0.3 is 0 Å². The minimum absolute atomic E-state index is 0.163. The van der Waals surface area contributed by atoms with E-state index in [4.69, 9.17) is 0 Å². The highest BCUT2D eigenvalue weighted by molar-refractivity contribution is 5.83. The van der Waals surface area contributed by atoms with Gasteiger partial charge in [-0.15, -0.1) is 0 Å². The molecule has 0 aromatic heterocycles. The van der Waals surface area contributed by atoms with E-state index < -0.39 is 0 Å². The van der Waals surface area contributed by atoms with Gasteiger partial charge in [-0.25, -0.2) is 0 Å². The van der Waals surface area contributed by atoms with Gasteiger partial charge in [-0.2, -0.15) is 0 Å². The molecule has 0 aromatic carbocycles. The van der Waals surface area contributed by atoms with Crippen molar-refractivity contribution in [3.8, 4) is 0 Å². The summed E-state index contributed by atoms with van der Waals surface area (Å²) in [6, 6.07) is 0. The van der Waals surface area contributed by atoms with Gasteiger partial charge in [0.2, 0.25) is 0 Å². The number of unbranched alkanes of at least 4 members (excludes halogenated alkanes) is 24. The summed E-state index contributed by atoms with van der Waals surface area (Å²) in [6.07, 6.45) is 63.3. The van der Waals surface area contributed by atoms with Gasteiger partial charge in [0.05, 0.1) is 0 Å². The van der Waals surface area contributed by atoms with Crippen LogP contribution in [-0.2, 0) is 4.79 Å². The van der Waals surface area contributed by atoms with Crippen molar-refractivity contribution in [1.29, 1.82) is 0 Å². The maximum Gasteiger partial charge on any atom is 0.139 e. The van der Waals surface area contributed by atoms with E-state index in [1.165, 1.54) is 200 Å². The highest BCUT2D eigenvalue weighted by atomic mass is 16.1. The summed E-state index contributed by atoms with van der Waals surface area (Å²) in [5, 5.41) is 0. The van der Waals surface area contributed by atoms with Crippen molar-refractivity contribution < 1.29 is 4.79 Å². The van der Waals surface area contributed by atoms with E-state index in [1.807, 2.05) is 0 Å². The minimum Gasteiger partial charge on any atom is -0.299 e. The highest BCUT2D eigenvalue weighted by Gasteiger charge is 2.25. The fraction of sp³-hybridized carbons (Fsp3) is 0.794. The number of ketones is 1. The second-order valence-electron chi connectivity index (χ2n) is 21.2. The lowest BCUT2D eigenvalue weighted by atomic mass is 9.81. The molecule has 0 spiro atoms. The molecular formula is C63H114O. The van der Waals surface area contributed by atoms with Crippen molar-refractivity contribution in [1.82, 2.24) is 0 Å². The molecule has 372 valence electrons.